The maximum Gasteiger partial charge on any atom is 0.251 e. The lowest BCUT2D eigenvalue weighted by Gasteiger charge is -2.32. The van der Waals surface area contributed by atoms with Gasteiger partial charge in [-0.3, -0.25) is 14.4 Å². The second-order valence-corrected chi connectivity index (χ2v) is 7.96. The average molecular weight is 401 g/mol. The van der Waals surface area contributed by atoms with Crippen LogP contribution in [0.3, 0.4) is 0 Å². The highest BCUT2D eigenvalue weighted by atomic mass is 32.1. The highest BCUT2D eigenvalue weighted by molar-refractivity contribution is 7.13. The van der Waals surface area contributed by atoms with Gasteiger partial charge < -0.3 is 15.5 Å². The fraction of sp³-hybridized carbons (Fsp3) is 0.400. The summed E-state index contributed by atoms with van der Waals surface area (Å²) in [5, 5.41) is 7.85. The van der Waals surface area contributed by atoms with E-state index in [4.69, 9.17) is 0 Å². The Morgan fingerprint density at radius 3 is 2.64 bits per heavy atom. The quantitative estimate of drug-likeness (QED) is 0.806. The number of likely N-dealkylation sites (tertiary alicyclic amines) is 1. The first-order valence-electron chi connectivity index (χ1n) is 9.27. The highest BCUT2D eigenvalue weighted by Gasteiger charge is 2.28. The Kier molecular flexibility index (Phi) is 6.41. The number of amides is 3. The van der Waals surface area contributed by atoms with Crippen molar-refractivity contribution in [1.82, 2.24) is 15.2 Å². The SMILES string of the molecule is Cc1cc(C)cc(C(=O)NCC(=O)N2CCCC(C(=O)Nc3nccs3)C2)c1. The van der Waals surface area contributed by atoms with Crippen molar-refractivity contribution < 1.29 is 14.4 Å². The van der Waals surface area contributed by atoms with E-state index in [0.717, 1.165) is 24.0 Å². The second-order valence-electron chi connectivity index (χ2n) is 7.06. The summed E-state index contributed by atoms with van der Waals surface area (Å²) in [5.41, 5.74) is 2.55. The van der Waals surface area contributed by atoms with E-state index in [1.165, 1.54) is 11.3 Å². The Bertz CT molecular complexity index is 846. The summed E-state index contributed by atoms with van der Waals surface area (Å²) < 4.78 is 0. The first-order valence-corrected chi connectivity index (χ1v) is 10.1. The van der Waals surface area contributed by atoms with E-state index in [2.05, 4.69) is 15.6 Å². The summed E-state index contributed by atoms with van der Waals surface area (Å²) in [5.74, 6) is -0.830. The molecule has 1 fully saturated rings. The number of anilines is 1. The normalized spacial score (nSPS) is 16.5. The largest absolute Gasteiger partial charge is 0.343 e. The van der Waals surface area contributed by atoms with Crippen LogP contribution in [0, 0.1) is 19.8 Å². The van der Waals surface area contributed by atoms with Crippen LogP contribution >= 0.6 is 11.3 Å². The predicted octanol–water partition coefficient (Wildman–Crippen LogP) is 2.37. The number of carbonyl (C=O) groups is 3. The molecule has 2 heterocycles. The number of nitrogens with zero attached hydrogens (tertiary/aromatic N) is 2. The van der Waals surface area contributed by atoms with Crippen molar-refractivity contribution in [3.05, 3.63) is 46.5 Å². The predicted molar refractivity (Wildman–Crippen MR) is 108 cm³/mol. The van der Waals surface area contributed by atoms with E-state index in [1.54, 1.807) is 28.6 Å². The molecular formula is C20H24N4O3S. The van der Waals surface area contributed by atoms with Crippen molar-refractivity contribution in [3.8, 4) is 0 Å². The summed E-state index contributed by atoms with van der Waals surface area (Å²) in [6.07, 6.45) is 3.12. The summed E-state index contributed by atoms with van der Waals surface area (Å²) in [7, 11) is 0. The zero-order valence-electron chi connectivity index (χ0n) is 16.0. The lowest BCUT2D eigenvalue weighted by Crippen LogP contribution is -2.47. The van der Waals surface area contributed by atoms with Gasteiger partial charge in [-0.2, -0.15) is 0 Å². The monoisotopic (exact) mass is 400 g/mol. The number of benzene rings is 1. The molecule has 1 atom stereocenters. The number of hydrogen-bond donors (Lipinski definition) is 2. The van der Waals surface area contributed by atoms with Gasteiger partial charge in [0, 0.05) is 30.2 Å². The Morgan fingerprint density at radius 2 is 1.96 bits per heavy atom. The average Bonchev–Trinajstić information content (AvgIpc) is 3.18. The van der Waals surface area contributed by atoms with Crippen molar-refractivity contribution in [2.45, 2.75) is 26.7 Å². The number of aryl methyl sites for hydroxylation is 2. The van der Waals surface area contributed by atoms with Gasteiger partial charge in [-0.05, 0) is 38.8 Å². The van der Waals surface area contributed by atoms with Crippen molar-refractivity contribution in [2.75, 3.05) is 25.0 Å². The van der Waals surface area contributed by atoms with Crippen LogP contribution in [-0.2, 0) is 9.59 Å². The van der Waals surface area contributed by atoms with E-state index in [-0.39, 0.29) is 30.2 Å². The molecule has 3 amide bonds. The van der Waals surface area contributed by atoms with E-state index in [0.29, 0.717) is 23.8 Å². The molecule has 0 saturated carbocycles. The Balaban J connectivity index is 1.52. The molecule has 1 aliphatic rings. The van der Waals surface area contributed by atoms with Crippen LogP contribution in [0.25, 0.3) is 0 Å². The molecule has 0 spiro atoms. The van der Waals surface area contributed by atoms with E-state index in [1.807, 2.05) is 19.9 Å². The highest BCUT2D eigenvalue weighted by Crippen LogP contribution is 2.20. The van der Waals surface area contributed by atoms with Gasteiger partial charge in [0.25, 0.3) is 5.91 Å². The molecular weight excluding hydrogens is 376 g/mol. The molecule has 1 aliphatic heterocycles. The first kappa shape index (κ1) is 20.0. The fourth-order valence-electron chi connectivity index (χ4n) is 3.39. The maximum absolute atomic E-state index is 12.5. The molecule has 1 aromatic carbocycles. The lowest BCUT2D eigenvalue weighted by molar-refractivity contribution is -0.133. The van der Waals surface area contributed by atoms with Crippen LogP contribution < -0.4 is 10.6 Å². The molecule has 8 heteroatoms. The number of hydrogen-bond acceptors (Lipinski definition) is 5. The molecule has 7 nitrogen and oxygen atoms in total. The number of piperidine rings is 1. The maximum atomic E-state index is 12.5. The minimum atomic E-state index is -0.268. The van der Waals surface area contributed by atoms with Crippen LogP contribution in [0.15, 0.2) is 29.8 Å². The molecule has 2 N–H and O–H groups in total. The number of thiazole rings is 1. The molecule has 2 aromatic rings. The summed E-state index contributed by atoms with van der Waals surface area (Å²) in [6, 6.07) is 5.59. The van der Waals surface area contributed by atoms with Gasteiger partial charge in [0.2, 0.25) is 11.8 Å². The molecule has 3 rings (SSSR count). The fourth-order valence-corrected chi connectivity index (χ4v) is 3.92. The molecule has 148 valence electrons. The Labute approximate surface area is 168 Å². The van der Waals surface area contributed by atoms with Crippen LogP contribution in [0.1, 0.15) is 34.3 Å². The number of aromatic nitrogens is 1. The van der Waals surface area contributed by atoms with Crippen LogP contribution in [-0.4, -0.2) is 47.2 Å². The smallest absolute Gasteiger partial charge is 0.251 e. The molecule has 1 aromatic heterocycles. The van der Waals surface area contributed by atoms with Crippen molar-refractivity contribution in [1.29, 1.82) is 0 Å². The molecule has 28 heavy (non-hydrogen) atoms. The standard InChI is InChI=1S/C20H24N4O3S/c1-13-8-14(2)10-16(9-13)18(26)22-11-17(25)24-6-3-4-15(12-24)19(27)23-20-21-5-7-28-20/h5,7-10,15H,3-4,6,11-12H2,1-2H3,(H,22,26)(H,21,23,27). The van der Waals surface area contributed by atoms with Crippen LogP contribution in [0.4, 0.5) is 5.13 Å². The third-order valence-corrected chi connectivity index (χ3v) is 5.38. The summed E-state index contributed by atoms with van der Waals surface area (Å²) in [6.45, 7) is 4.74. The van der Waals surface area contributed by atoms with Crippen molar-refractivity contribution in [3.63, 3.8) is 0 Å². The van der Waals surface area contributed by atoms with Gasteiger partial charge in [0.15, 0.2) is 5.13 Å². The molecule has 1 unspecified atom stereocenters. The summed E-state index contributed by atoms with van der Waals surface area (Å²) >= 11 is 1.36. The Morgan fingerprint density at radius 1 is 1.21 bits per heavy atom. The molecule has 1 saturated heterocycles. The topological polar surface area (TPSA) is 91.4 Å². The van der Waals surface area contributed by atoms with Gasteiger partial charge in [0.05, 0.1) is 12.5 Å². The number of rotatable bonds is 5. The van der Waals surface area contributed by atoms with Crippen molar-refractivity contribution in [2.24, 2.45) is 5.92 Å². The van der Waals surface area contributed by atoms with E-state index < -0.39 is 0 Å². The summed E-state index contributed by atoms with van der Waals surface area (Å²) in [4.78, 5) is 43.0. The zero-order valence-corrected chi connectivity index (χ0v) is 16.8. The second kappa shape index (κ2) is 8.97. The van der Waals surface area contributed by atoms with Gasteiger partial charge in [-0.15, -0.1) is 11.3 Å². The van der Waals surface area contributed by atoms with Gasteiger partial charge in [-0.25, -0.2) is 4.98 Å². The van der Waals surface area contributed by atoms with Crippen LogP contribution in [0.2, 0.25) is 0 Å². The lowest BCUT2D eigenvalue weighted by atomic mass is 9.97. The van der Waals surface area contributed by atoms with Gasteiger partial charge in [-0.1, -0.05) is 17.2 Å². The number of nitrogens with one attached hydrogen (secondary N) is 2. The molecule has 0 radical (unpaired) electrons. The third kappa shape index (κ3) is 5.16. The molecule has 0 bridgehead atoms. The van der Waals surface area contributed by atoms with Gasteiger partial charge >= 0.3 is 0 Å². The third-order valence-electron chi connectivity index (χ3n) is 4.69. The van der Waals surface area contributed by atoms with E-state index in [9.17, 15) is 14.4 Å². The zero-order chi connectivity index (χ0) is 20.1. The van der Waals surface area contributed by atoms with E-state index >= 15 is 0 Å². The van der Waals surface area contributed by atoms with Gasteiger partial charge in [0.1, 0.15) is 0 Å². The molecule has 0 aliphatic carbocycles. The number of carbonyl (C=O) groups excluding carboxylic acids is 3. The Hall–Kier alpha value is -2.74. The minimum absolute atomic E-state index is 0.0767. The minimum Gasteiger partial charge on any atom is -0.343 e. The first-order chi connectivity index (χ1) is 13.4. The van der Waals surface area contributed by atoms with Crippen molar-refractivity contribution >= 4 is 34.2 Å². The van der Waals surface area contributed by atoms with Crippen LogP contribution in [0.5, 0.6) is 0 Å².